The van der Waals surface area contributed by atoms with Crippen LogP contribution in [0.1, 0.15) is 36.9 Å². The van der Waals surface area contributed by atoms with Crippen molar-refractivity contribution in [2.75, 3.05) is 27.2 Å². The molecule has 0 unspecified atom stereocenters. The van der Waals surface area contributed by atoms with Gasteiger partial charge in [0.15, 0.2) is 0 Å². The van der Waals surface area contributed by atoms with Gasteiger partial charge in [0, 0.05) is 48.4 Å². The highest BCUT2D eigenvalue weighted by Gasteiger charge is 2.39. The molecule has 258 valence electrons. The van der Waals surface area contributed by atoms with E-state index in [9.17, 15) is 28.0 Å². The maximum atomic E-state index is 13.7. The molecule has 0 radical (unpaired) electrons. The molecule has 4 aromatic rings. The molecule has 0 bridgehead atoms. The zero-order valence-corrected chi connectivity index (χ0v) is 27.0. The molecule has 1 fully saturated rings. The van der Waals surface area contributed by atoms with Gasteiger partial charge in [-0.2, -0.15) is 18.4 Å². The molecule has 10 nitrogen and oxygen atoms in total. The Morgan fingerprint density at radius 3 is 2.18 bits per heavy atom. The number of benzene rings is 3. The first-order valence-electron chi connectivity index (χ1n) is 15.6. The normalized spacial score (nSPS) is 17.3. The zero-order valence-electron chi connectivity index (χ0n) is 27.0. The number of aromatic nitrogens is 1. The van der Waals surface area contributed by atoms with Crippen molar-refractivity contribution in [1.82, 2.24) is 15.2 Å². The van der Waals surface area contributed by atoms with Crippen LogP contribution in [0, 0.1) is 11.3 Å². The fourth-order valence-corrected chi connectivity index (χ4v) is 6.13. The number of rotatable bonds is 9. The Bertz CT molecular complexity index is 1850. The van der Waals surface area contributed by atoms with Crippen molar-refractivity contribution in [2.45, 2.75) is 49.9 Å². The van der Waals surface area contributed by atoms with Crippen molar-refractivity contribution in [3.63, 3.8) is 0 Å². The van der Waals surface area contributed by atoms with Crippen LogP contribution < -0.4 is 20.9 Å². The number of carbonyl (C=O) groups is 2. The molecule has 0 saturated heterocycles. The highest BCUT2D eigenvalue weighted by Crippen LogP contribution is 2.40. The molecule has 13 heteroatoms. The van der Waals surface area contributed by atoms with Gasteiger partial charge in [-0.15, -0.1) is 0 Å². The monoisotopic (exact) mass is 678 g/mol. The molecule has 1 aliphatic rings. The number of carboxylic acid groups (broad SMARTS) is 1. The van der Waals surface area contributed by atoms with Gasteiger partial charge in [0.25, 0.3) is 5.56 Å². The number of ether oxygens (including phenoxy) is 2. The van der Waals surface area contributed by atoms with Gasteiger partial charge in [0.2, 0.25) is 0 Å². The summed E-state index contributed by atoms with van der Waals surface area (Å²) in [6, 6.07) is 27.8. The average Bonchev–Trinajstić information content (AvgIpc) is 3.11. The number of nitrogens with one attached hydrogen (secondary N) is 2. The number of pyridine rings is 1. The number of nitrogens with zero attached hydrogens (tertiary/aromatic N) is 2. The fraction of sp³-hybridized carbons (Fsp3) is 0.333. The van der Waals surface area contributed by atoms with Crippen molar-refractivity contribution in [3.05, 3.63) is 100 Å². The molecule has 0 spiro atoms. The highest BCUT2D eigenvalue weighted by molar-refractivity contribution is 5.99. The summed E-state index contributed by atoms with van der Waals surface area (Å²) in [6.07, 6.45) is -2.30. The number of halogens is 3. The second-order valence-electron chi connectivity index (χ2n) is 11.6. The van der Waals surface area contributed by atoms with Gasteiger partial charge in [-0.25, -0.2) is 9.59 Å². The van der Waals surface area contributed by atoms with Crippen LogP contribution in [-0.2, 0) is 21.5 Å². The molecular formula is C36H37F3N4O6. The lowest BCUT2D eigenvalue weighted by atomic mass is 9.68. The first-order chi connectivity index (χ1) is 23.4. The quantitative estimate of drug-likeness (QED) is 0.183. The number of alkyl halides is 3. The second-order valence-corrected chi connectivity index (χ2v) is 11.6. The molecule has 1 aliphatic carbocycles. The number of fused-ring (bicyclic) bond motifs is 1. The van der Waals surface area contributed by atoms with E-state index in [2.05, 4.69) is 41.0 Å². The molecule has 3 N–H and O–H groups in total. The van der Waals surface area contributed by atoms with Gasteiger partial charge in [-0.05, 0) is 55.0 Å². The number of aliphatic carboxylic acids is 1. The summed E-state index contributed by atoms with van der Waals surface area (Å²) in [5.41, 5.74) is 2.85. The van der Waals surface area contributed by atoms with E-state index >= 15 is 0 Å². The molecule has 0 aliphatic heterocycles. The predicted molar refractivity (Wildman–Crippen MR) is 177 cm³/mol. The summed E-state index contributed by atoms with van der Waals surface area (Å²) in [4.78, 5) is 34.4. The largest absolute Gasteiger partial charge is 0.497 e. The van der Waals surface area contributed by atoms with Crippen molar-refractivity contribution in [3.8, 4) is 22.9 Å². The van der Waals surface area contributed by atoms with Crippen molar-refractivity contribution in [2.24, 2.45) is 0 Å². The summed E-state index contributed by atoms with van der Waals surface area (Å²) in [6.45, 7) is 1.56. The van der Waals surface area contributed by atoms with Gasteiger partial charge in [0.05, 0.1) is 7.11 Å². The van der Waals surface area contributed by atoms with Crippen molar-refractivity contribution < 1.29 is 37.3 Å². The van der Waals surface area contributed by atoms with Gasteiger partial charge in [-0.3, -0.25) is 9.36 Å². The van der Waals surface area contributed by atoms with E-state index in [4.69, 9.17) is 19.4 Å². The lowest BCUT2D eigenvalue weighted by Gasteiger charge is -2.40. The number of carbonyl (C=O) groups excluding carboxylic acids is 1. The van der Waals surface area contributed by atoms with E-state index in [1.54, 1.807) is 30.9 Å². The predicted octanol–water partition coefficient (Wildman–Crippen LogP) is 6.01. The minimum Gasteiger partial charge on any atom is -0.497 e. The lowest BCUT2D eigenvalue weighted by Crippen LogP contribution is -2.44. The Kier molecular flexibility index (Phi) is 12.0. The van der Waals surface area contributed by atoms with Crippen LogP contribution in [0.2, 0.25) is 0 Å². The van der Waals surface area contributed by atoms with Crippen LogP contribution in [0.3, 0.4) is 0 Å². The fourth-order valence-electron chi connectivity index (χ4n) is 6.13. The topological polar surface area (TPSA) is 143 Å². The Labute approximate surface area is 281 Å². The Morgan fingerprint density at radius 2 is 1.63 bits per heavy atom. The number of nitriles is 1. The van der Waals surface area contributed by atoms with Crippen molar-refractivity contribution in [1.29, 1.82) is 5.26 Å². The summed E-state index contributed by atoms with van der Waals surface area (Å²) < 4.78 is 44.3. The van der Waals surface area contributed by atoms with Crippen LogP contribution in [0.4, 0.5) is 18.0 Å². The van der Waals surface area contributed by atoms with Gasteiger partial charge in [0.1, 0.15) is 23.6 Å². The van der Waals surface area contributed by atoms with Gasteiger partial charge < -0.3 is 25.2 Å². The maximum Gasteiger partial charge on any atom is 0.490 e. The molecule has 1 aromatic heterocycles. The Morgan fingerprint density at radius 1 is 1.02 bits per heavy atom. The molecule has 49 heavy (non-hydrogen) atoms. The third-order valence-corrected chi connectivity index (χ3v) is 8.62. The second kappa shape index (κ2) is 16.2. The third kappa shape index (κ3) is 8.77. The SMILES string of the molecule is CNC(=O)OC1CCC(CNCCn2c(C#N)c(-c3ccccc3)c3cc(OC)ccc3c2=O)(c2ccccc2)CC1.O=C(O)C(F)(F)F. The Hall–Kier alpha value is -5.35. The molecule has 1 saturated carbocycles. The molecule has 0 atom stereocenters. The smallest absolute Gasteiger partial charge is 0.490 e. The Balaban J connectivity index is 0.000000698. The number of carboxylic acids is 1. The van der Waals surface area contributed by atoms with E-state index < -0.39 is 18.2 Å². The molecule has 3 aromatic carbocycles. The average molecular weight is 679 g/mol. The zero-order chi connectivity index (χ0) is 35.6. The number of amides is 1. The molecule has 5 rings (SSSR count). The molecule has 1 heterocycles. The lowest BCUT2D eigenvalue weighted by molar-refractivity contribution is -0.192. The van der Waals surface area contributed by atoms with E-state index in [0.717, 1.165) is 36.8 Å². The highest BCUT2D eigenvalue weighted by atomic mass is 19.4. The first kappa shape index (κ1) is 36.5. The van der Waals surface area contributed by atoms with Crippen LogP contribution in [0.25, 0.3) is 21.9 Å². The van der Waals surface area contributed by atoms with Gasteiger partial charge >= 0.3 is 18.2 Å². The van der Waals surface area contributed by atoms with Crippen LogP contribution in [-0.4, -0.2) is 61.3 Å². The summed E-state index contributed by atoms with van der Waals surface area (Å²) in [5, 5.41) is 24.8. The summed E-state index contributed by atoms with van der Waals surface area (Å²) >= 11 is 0. The van der Waals surface area contributed by atoms with E-state index in [0.29, 0.717) is 41.9 Å². The minimum absolute atomic E-state index is 0.105. The van der Waals surface area contributed by atoms with Crippen LogP contribution in [0.5, 0.6) is 5.75 Å². The maximum absolute atomic E-state index is 13.7. The number of hydrogen-bond donors (Lipinski definition) is 3. The van der Waals surface area contributed by atoms with Crippen molar-refractivity contribution >= 4 is 22.8 Å². The van der Waals surface area contributed by atoms with E-state index in [1.807, 2.05) is 42.5 Å². The summed E-state index contributed by atoms with van der Waals surface area (Å²) in [5.74, 6) is -2.13. The third-order valence-electron chi connectivity index (χ3n) is 8.62. The molecular weight excluding hydrogens is 641 g/mol. The minimum atomic E-state index is -5.08. The number of methoxy groups -OCH3 is 1. The van der Waals surface area contributed by atoms with Crippen LogP contribution >= 0.6 is 0 Å². The standard InChI is InChI=1S/C34H36N4O4.C2HF3O2/c1-36-33(40)42-26-15-17-34(18-16-26,25-11-7-4-8-12-25)23-37-19-20-38-30(22-35)31(24-9-5-3-6-10-24)29-21-27(41-2)13-14-28(29)32(38)39;3-2(4,5)1(6)7/h3-14,21,26,37H,15-20,23H2,1-2H3,(H,36,40);(H,6,7). The number of alkyl carbamates (subject to hydrolysis) is 1. The number of hydrogen-bond acceptors (Lipinski definition) is 7. The summed E-state index contributed by atoms with van der Waals surface area (Å²) in [7, 11) is 3.16. The van der Waals surface area contributed by atoms with E-state index in [-0.39, 0.29) is 17.1 Å². The van der Waals surface area contributed by atoms with Gasteiger partial charge in [-0.1, -0.05) is 60.7 Å². The first-order valence-corrected chi connectivity index (χ1v) is 15.6. The molecule has 1 amide bonds. The van der Waals surface area contributed by atoms with Crippen LogP contribution in [0.15, 0.2) is 83.7 Å². The van der Waals surface area contributed by atoms with E-state index in [1.165, 1.54) is 5.56 Å².